The fourth-order valence-corrected chi connectivity index (χ4v) is 6.99. The van der Waals surface area contributed by atoms with E-state index in [1.807, 2.05) is 4.90 Å². The maximum absolute atomic E-state index is 13.9. The molecular formula is C31H37F3N6O4S. The Morgan fingerprint density at radius 3 is 2.56 bits per heavy atom. The monoisotopic (exact) mass is 646 g/mol. The van der Waals surface area contributed by atoms with E-state index in [0.29, 0.717) is 50.0 Å². The van der Waals surface area contributed by atoms with E-state index >= 15 is 0 Å². The zero-order valence-electron chi connectivity index (χ0n) is 25.3. The third kappa shape index (κ3) is 7.72. The molecule has 242 valence electrons. The molecule has 0 aliphatic carbocycles. The van der Waals surface area contributed by atoms with Crippen LogP contribution in [0.15, 0.2) is 30.6 Å². The van der Waals surface area contributed by atoms with Crippen LogP contribution in [0.5, 0.6) is 5.75 Å². The lowest BCUT2D eigenvalue weighted by Gasteiger charge is -2.30. The molecule has 2 saturated heterocycles. The first-order chi connectivity index (χ1) is 21.6. The maximum Gasteiger partial charge on any atom is 0.419 e. The molecule has 1 aromatic carbocycles. The van der Waals surface area contributed by atoms with Gasteiger partial charge in [-0.05, 0) is 56.8 Å². The summed E-state index contributed by atoms with van der Waals surface area (Å²) in [6.45, 7) is 4.61. The number of hydrogen-bond donors (Lipinski definition) is 2. The molecule has 3 aromatic rings. The average Bonchev–Trinajstić information content (AvgIpc) is 3.65. The highest BCUT2D eigenvalue weighted by Gasteiger charge is 2.35. The topological polar surface area (TPSA) is 121 Å². The molecule has 5 rings (SSSR count). The molecule has 1 atom stereocenters. The van der Waals surface area contributed by atoms with Crippen LogP contribution >= 0.6 is 11.3 Å². The molecule has 0 bridgehead atoms. The van der Waals surface area contributed by atoms with Crippen LogP contribution in [-0.4, -0.2) is 69.6 Å². The summed E-state index contributed by atoms with van der Waals surface area (Å²) in [6, 6.07) is 4.29. The number of hydrogen-bond acceptors (Lipinski definition) is 9. The number of benzene rings is 1. The molecular weight excluding hydrogens is 609 g/mol. The van der Waals surface area contributed by atoms with Crippen molar-refractivity contribution < 1.29 is 32.6 Å². The van der Waals surface area contributed by atoms with E-state index in [9.17, 15) is 27.9 Å². The van der Waals surface area contributed by atoms with Crippen molar-refractivity contribution in [3.63, 3.8) is 0 Å². The summed E-state index contributed by atoms with van der Waals surface area (Å²) in [5.41, 5.74) is -0.164. The maximum atomic E-state index is 13.9. The van der Waals surface area contributed by atoms with E-state index in [1.165, 1.54) is 36.9 Å². The van der Waals surface area contributed by atoms with Crippen molar-refractivity contribution in [3.8, 4) is 17.0 Å². The molecule has 10 nitrogen and oxygen atoms in total. The highest BCUT2D eigenvalue weighted by molar-refractivity contribution is 7.16. The van der Waals surface area contributed by atoms with Crippen molar-refractivity contribution in [2.24, 2.45) is 5.92 Å². The normalized spacial score (nSPS) is 17.9. The summed E-state index contributed by atoms with van der Waals surface area (Å²) in [7, 11) is 1.20. The van der Waals surface area contributed by atoms with E-state index < -0.39 is 23.6 Å². The molecule has 2 aromatic heterocycles. The minimum absolute atomic E-state index is 0.0560. The number of nitrogens with zero attached hydrogens (tertiary/aromatic N) is 5. The minimum atomic E-state index is -4.62. The number of aliphatic carboxylic acids is 1. The average molecular weight is 647 g/mol. The van der Waals surface area contributed by atoms with Crippen LogP contribution in [0.25, 0.3) is 11.3 Å². The van der Waals surface area contributed by atoms with Gasteiger partial charge in [0.25, 0.3) is 5.91 Å². The Kier molecular flexibility index (Phi) is 10.2. The SMILES string of the molecule is CCCCC1CCCN1Cc1sc(NC(=O)c2cnc(N3CCC(C(=O)O)CC3)cn2)nc1-c1ccc(OC)c(C(F)(F)F)c1. The molecule has 2 aliphatic heterocycles. The van der Waals surface area contributed by atoms with Crippen LogP contribution in [0.1, 0.15) is 72.8 Å². The number of nitrogens with one attached hydrogen (secondary N) is 1. The molecule has 2 N–H and O–H groups in total. The second kappa shape index (κ2) is 14.1. The smallest absolute Gasteiger partial charge is 0.419 e. The number of thiazole rings is 1. The summed E-state index contributed by atoms with van der Waals surface area (Å²) in [6.07, 6.45) is 4.60. The minimum Gasteiger partial charge on any atom is -0.496 e. The van der Waals surface area contributed by atoms with Crippen LogP contribution in [0.2, 0.25) is 0 Å². The lowest BCUT2D eigenvalue weighted by molar-refractivity contribution is -0.142. The Bertz CT molecular complexity index is 1490. The van der Waals surface area contributed by atoms with Gasteiger partial charge in [0.15, 0.2) is 5.13 Å². The molecule has 0 radical (unpaired) electrons. The summed E-state index contributed by atoms with van der Waals surface area (Å²) in [5.74, 6) is -1.44. The predicted molar refractivity (Wildman–Crippen MR) is 165 cm³/mol. The first-order valence-corrected chi connectivity index (χ1v) is 16.0. The van der Waals surface area contributed by atoms with E-state index in [0.717, 1.165) is 49.6 Å². The largest absolute Gasteiger partial charge is 0.496 e. The Labute approximate surface area is 263 Å². The third-order valence-corrected chi connectivity index (χ3v) is 9.43. The van der Waals surface area contributed by atoms with Crippen LogP contribution < -0.4 is 15.0 Å². The molecule has 2 aliphatic rings. The van der Waals surface area contributed by atoms with Gasteiger partial charge in [-0.25, -0.2) is 15.0 Å². The standard InChI is InChI=1S/C31H37F3N6O4S/c1-3-4-6-21-7-5-12-40(21)18-25-27(20-8-9-24(44-2)22(15-20)31(32,33)34)37-30(45-25)38-28(41)23-16-36-26(17-35-23)39-13-10-19(11-14-39)29(42)43/h8-9,15-17,19,21H,3-7,10-14,18H2,1-2H3,(H,42,43)(H,37,38,41). The molecule has 0 spiro atoms. The number of unbranched alkanes of at least 4 members (excludes halogenated alkanes) is 1. The zero-order valence-corrected chi connectivity index (χ0v) is 26.1. The second-order valence-electron chi connectivity index (χ2n) is 11.4. The van der Waals surface area contributed by atoms with E-state index in [1.54, 1.807) is 6.07 Å². The van der Waals surface area contributed by atoms with E-state index in [2.05, 4.69) is 32.1 Å². The van der Waals surface area contributed by atoms with Crippen molar-refractivity contribution in [1.29, 1.82) is 0 Å². The van der Waals surface area contributed by atoms with Gasteiger partial charge in [0.2, 0.25) is 0 Å². The zero-order chi connectivity index (χ0) is 32.1. The van der Waals surface area contributed by atoms with Crippen molar-refractivity contribution in [3.05, 3.63) is 46.7 Å². The molecule has 1 amide bonds. The first-order valence-electron chi connectivity index (χ1n) is 15.2. The highest BCUT2D eigenvalue weighted by Crippen LogP contribution is 2.41. The number of likely N-dealkylation sites (tertiary alicyclic amines) is 1. The quantitative estimate of drug-likeness (QED) is 0.246. The number of alkyl halides is 3. The first kappa shape index (κ1) is 32.6. The van der Waals surface area contributed by atoms with Gasteiger partial charge < -0.3 is 14.7 Å². The lowest BCUT2D eigenvalue weighted by Crippen LogP contribution is -2.36. The Hall–Kier alpha value is -3.78. The van der Waals surface area contributed by atoms with Gasteiger partial charge in [-0.15, -0.1) is 0 Å². The van der Waals surface area contributed by atoms with E-state index in [4.69, 9.17) is 4.74 Å². The summed E-state index contributed by atoms with van der Waals surface area (Å²) >= 11 is 1.24. The number of ether oxygens (including phenoxy) is 1. The van der Waals surface area contributed by atoms with Crippen LogP contribution in [0.3, 0.4) is 0 Å². The van der Waals surface area contributed by atoms with Crippen molar-refractivity contribution >= 4 is 34.2 Å². The number of piperidine rings is 1. The fourth-order valence-electron chi connectivity index (χ4n) is 5.99. The Morgan fingerprint density at radius 2 is 1.91 bits per heavy atom. The van der Waals surface area contributed by atoms with Gasteiger partial charge in [-0.1, -0.05) is 31.1 Å². The molecule has 0 saturated carbocycles. The van der Waals surface area contributed by atoms with Gasteiger partial charge in [0.1, 0.15) is 17.3 Å². The highest BCUT2D eigenvalue weighted by atomic mass is 32.1. The molecule has 45 heavy (non-hydrogen) atoms. The molecule has 14 heteroatoms. The molecule has 4 heterocycles. The number of anilines is 2. The van der Waals surface area contributed by atoms with Gasteiger partial charge in [0, 0.05) is 36.1 Å². The van der Waals surface area contributed by atoms with Crippen LogP contribution in [0, 0.1) is 5.92 Å². The summed E-state index contributed by atoms with van der Waals surface area (Å²) in [5, 5.41) is 12.2. The number of carboxylic acid groups (broad SMARTS) is 1. The number of carbonyl (C=O) groups excluding carboxylic acids is 1. The number of methoxy groups -OCH3 is 1. The number of halogens is 3. The van der Waals surface area contributed by atoms with Gasteiger partial charge in [-0.2, -0.15) is 13.2 Å². The number of amides is 1. The second-order valence-corrected chi connectivity index (χ2v) is 12.5. The molecule has 2 fully saturated rings. The number of aromatic nitrogens is 3. The van der Waals surface area contributed by atoms with E-state index in [-0.39, 0.29) is 28.1 Å². The predicted octanol–water partition coefficient (Wildman–Crippen LogP) is 6.34. The van der Waals surface area contributed by atoms with Gasteiger partial charge in [-0.3, -0.25) is 19.8 Å². The van der Waals surface area contributed by atoms with Crippen molar-refractivity contribution in [2.75, 3.05) is 37.0 Å². The van der Waals surface area contributed by atoms with Gasteiger partial charge in [0.05, 0.1) is 36.7 Å². The summed E-state index contributed by atoms with van der Waals surface area (Å²) < 4.78 is 46.6. The third-order valence-electron chi connectivity index (χ3n) is 8.47. The van der Waals surface area contributed by atoms with Crippen LogP contribution in [0.4, 0.5) is 24.1 Å². The molecule has 1 unspecified atom stereocenters. The fraction of sp³-hybridized carbons (Fsp3) is 0.516. The number of carboxylic acids is 1. The summed E-state index contributed by atoms with van der Waals surface area (Å²) in [4.78, 5) is 42.7. The lowest BCUT2D eigenvalue weighted by atomic mass is 9.97. The number of carbonyl (C=O) groups is 2. The number of rotatable bonds is 11. The van der Waals surface area contributed by atoms with Crippen molar-refractivity contribution in [2.45, 2.75) is 70.6 Å². The Balaban J connectivity index is 1.38. The van der Waals surface area contributed by atoms with Crippen LogP contribution in [-0.2, 0) is 17.5 Å². The van der Waals surface area contributed by atoms with Gasteiger partial charge >= 0.3 is 12.1 Å². The van der Waals surface area contributed by atoms with Crippen molar-refractivity contribution in [1.82, 2.24) is 19.9 Å². The Morgan fingerprint density at radius 1 is 1.13 bits per heavy atom.